The lowest BCUT2D eigenvalue weighted by atomic mass is 10.1. The van der Waals surface area contributed by atoms with Gasteiger partial charge in [0.1, 0.15) is 0 Å². The first kappa shape index (κ1) is 10.7. The molecule has 0 radical (unpaired) electrons. The maximum Gasteiger partial charge on any atom is 0.0508 e. The van der Waals surface area contributed by atoms with E-state index in [-0.39, 0.29) is 0 Å². The number of aryl methyl sites for hydroxylation is 2. The van der Waals surface area contributed by atoms with Gasteiger partial charge in [0.25, 0.3) is 0 Å². The fourth-order valence-corrected chi connectivity index (χ4v) is 3.43. The molecule has 15 heavy (non-hydrogen) atoms. The third kappa shape index (κ3) is 2.08. The molecule has 3 heteroatoms. The number of rotatable bonds is 1. The minimum atomic E-state index is 0.836. The molecule has 0 aliphatic heterocycles. The molecule has 0 unspecified atom stereocenters. The average Bonchev–Trinajstić information content (AvgIpc) is 2.50. The fraction of sp³-hybridized carbons (Fsp3) is 0.167. The second-order valence-electron chi connectivity index (χ2n) is 3.62. The number of hydrogen-bond acceptors (Lipinski definition) is 2. The van der Waals surface area contributed by atoms with Crippen LogP contribution in [0, 0.1) is 13.8 Å². The molecule has 0 atom stereocenters. The van der Waals surface area contributed by atoms with Gasteiger partial charge in [0.05, 0.1) is 4.88 Å². The van der Waals surface area contributed by atoms with E-state index in [1.54, 1.807) is 11.3 Å². The Labute approximate surface area is 102 Å². The zero-order valence-electron chi connectivity index (χ0n) is 8.67. The van der Waals surface area contributed by atoms with Crippen molar-refractivity contribution in [2.24, 2.45) is 0 Å². The summed E-state index contributed by atoms with van der Waals surface area (Å²) in [6, 6.07) is 8.26. The van der Waals surface area contributed by atoms with E-state index in [0.717, 1.165) is 15.7 Å². The van der Waals surface area contributed by atoms with Crippen molar-refractivity contribution in [1.82, 2.24) is 0 Å². The Hall–Kier alpha value is -0.800. The first-order valence-corrected chi connectivity index (χ1v) is 6.31. The molecule has 2 aromatic rings. The van der Waals surface area contributed by atoms with Crippen LogP contribution in [0.2, 0.25) is 0 Å². The normalized spacial score (nSPS) is 10.6. The van der Waals surface area contributed by atoms with Gasteiger partial charge in [0.15, 0.2) is 0 Å². The van der Waals surface area contributed by atoms with Gasteiger partial charge in [-0.1, -0.05) is 11.6 Å². The maximum absolute atomic E-state index is 5.99. The molecule has 1 aromatic heterocycles. The molecule has 0 saturated heterocycles. The predicted molar refractivity (Wildman–Crippen MR) is 71.3 cm³/mol. The van der Waals surface area contributed by atoms with Crippen LogP contribution in [0.5, 0.6) is 0 Å². The van der Waals surface area contributed by atoms with Crippen LogP contribution in [0.25, 0.3) is 10.4 Å². The van der Waals surface area contributed by atoms with Gasteiger partial charge in [0.2, 0.25) is 0 Å². The Balaban J connectivity index is 2.62. The van der Waals surface area contributed by atoms with Crippen LogP contribution in [-0.4, -0.2) is 0 Å². The molecule has 0 aliphatic carbocycles. The van der Waals surface area contributed by atoms with Gasteiger partial charge in [-0.3, -0.25) is 0 Å². The SMILES string of the molecule is Cc1ccc(N)c(-c2sc(C)cc2Br)c1. The van der Waals surface area contributed by atoms with Crippen LogP contribution >= 0.6 is 27.3 Å². The summed E-state index contributed by atoms with van der Waals surface area (Å²) in [5.41, 5.74) is 9.18. The van der Waals surface area contributed by atoms with Crippen LogP contribution in [0.15, 0.2) is 28.7 Å². The molecule has 1 nitrogen and oxygen atoms in total. The van der Waals surface area contributed by atoms with Crippen LogP contribution in [-0.2, 0) is 0 Å². The summed E-state index contributed by atoms with van der Waals surface area (Å²) in [6.07, 6.45) is 0. The number of anilines is 1. The molecule has 0 fully saturated rings. The van der Waals surface area contributed by atoms with Gasteiger partial charge in [-0.05, 0) is 48.0 Å². The molecule has 0 saturated carbocycles. The Bertz CT molecular complexity index is 502. The summed E-state index contributed by atoms with van der Waals surface area (Å²) in [5.74, 6) is 0. The Morgan fingerprint density at radius 3 is 2.53 bits per heavy atom. The number of thiophene rings is 1. The summed E-state index contributed by atoms with van der Waals surface area (Å²) >= 11 is 5.33. The van der Waals surface area contributed by atoms with Gasteiger partial charge in [-0.15, -0.1) is 11.3 Å². The molecule has 0 amide bonds. The first-order chi connectivity index (χ1) is 7.08. The molecule has 0 spiro atoms. The summed E-state index contributed by atoms with van der Waals surface area (Å²) in [4.78, 5) is 2.51. The van der Waals surface area contributed by atoms with Crippen molar-refractivity contribution >= 4 is 33.0 Å². The standard InChI is InChI=1S/C12H12BrNS/c1-7-3-4-11(14)9(5-7)12-10(13)6-8(2)15-12/h3-6H,14H2,1-2H3. The van der Waals surface area contributed by atoms with E-state index in [2.05, 4.69) is 41.9 Å². The Kier molecular flexibility index (Phi) is 2.85. The highest BCUT2D eigenvalue weighted by atomic mass is 79.9. The van der Waals surface area contributed by atoms with Crippen molar-refractivity contribution < 1.29 is 0 Å². The van der Waals surface area contributed by atoms with E-state index < -0.39 is 0 Å². The smallest absolute Gasteiger partial charge is 0.0508 e. The lowest BCUT2D eigenvalue weighted by Crippen LogP contribution is -1.89. The van der Waals surface area contributed by atoms with E-state index in [1.807, 2.05) is 12.1 Å². The number of hydrogen-bond donors (Lipinski definition) is 1. The molecule has 2 rings (SSSR count). The molecule has 1 heterocycles. The van der Waals surface area contributed by atoms with Crippen molar-refractivity contribution in [1.29, 1.82) is 0 Å². The van der Waals surface area contributed by atoms with Gasteiger partial charge < -0.3 is 5.73 Å². The lowest BCUT2D eigenvalue weighted by molar-refractivity contribution is 1.47. The molecule has 0 bridgehead atoms. The van der Waals surface area contributed by atoms with Crippen LogP contribution < -0.4 is 5.73 Å². The van der Waals surface area contributed by atoms with Gasteiger partial charge >= 0.3 is 0 Å². The molecule has 1 aromatic carbocycles. The van der Waals surface area contributed by atoms with Gasteiger partial charge in [-0.2, -0.15) is 0 Å². The predicted octanol–water partition coefficient (Wildman–Crippen LogP) is 4.38. The van der Waals surface area contributed by atoms with E-state index in [9.17, 15) is 0 Å². The first-order valence-electron chi connectivity index (χ1n) is 4.70. The maximum atomic E-state index is 5.99. The third-order valence-corrected chi connectivity index (χ3v) is 4.24. The Morgan fingerprint density at radius 1 is 1.20 bits per heavy atom. The van der Waals surface area contributed by atoms with Crippen molar-refractivity contribution in [3.63, 3.8) is 0 Å². The second-order valence-corrected chi connectivity index (χ2v) is 5.74. The minimum absolute atomic E-state index is 0.836. The summed E-state index contributed by atoms with van der Waals surface area (Å²) in [6.45, 7) is 4.18. The number of nitrogens with two attached hydrogens (primary N) is 1. The number of nitrogen functional groups attached to an aromatic ring is 1. The van der Waals surface area contributed by atoms with Crippen molar-refractivity contribution in [3.8, 4) is 10.4 Å². The Morgan fingerprint density at radius 2 is 1.93 bits per heavy atom. The van der Waals surface area contributed by atoms with Crippen molar-refractivity contribution in [3.05, 3.63) is 39.2 Å². The van der Waals surface area contributed by atoms with Crippen molar-refractivity contribution in [2.45, 2.75) is 13.8 Å². The van der Waals surface area contributed by atoms with Crippen LogP contribution in [0.3, 0.4) is 0 Å². The summed E-state index contributed by atoms with van der Waals surface area (Å²) in [7, 11) is 0. The molecule has 2 N–H and O–H groups in total. The topological polar surface area (TPSA) is 26.0 Å². The largest absolute Gasteiger partial charge is 0.398 e. The quantitative estimate of drug-likeness (QED) is 0.772. The lowest BCUT2D eigenvalue weighted by Gasteiger charge is -2.05. The highest BCUT2D eigenvalue weighted by molar-refractivity contribution is 9.10. The summed E-state index contributed by atoms with van der Waals surface area (Å²) < 4.78 is 1.13. The van der Waals surface area contributed by atoms with Crippen LogP contribution in [0.4, 0.5) is 5.69 Å². The number of benzene rings is 1. The monoisotopic (exact) mass is 281 g/mol. The highest BCUT2D eigenvalue weighted by Crippen LogP contribution is 2.39. The zero-order valence-corrected chi connectivity index (χ0v) is 11.1. The van der Waals surface area contributed by atoms with E-state index in [0.29, 0.717) is 0 Å². The minimum Gasteiger partial charge on any atom is -0.398 e. The fourth-order valence-electron chi connectivity index (χ4n) is 1.53. The summed E-state index contributed by atoms with van der Waals surface area (Å²) in [5, 5.41) is 0. The second kappa shape index (κ2) is 3.99. The van der Waals surface area contributed by atoms with Crippen molar-refractivity contribution in [2.75, 3.05) is 5.73 Å². The zero-order chi connectivity index (χ0) is 11.0. The molecular formula is C12H12BrNS. The average molecular weight is 282 g/mol. The van der Waals surface area contributed by atoms with E-state index in [1.165, 1.54) is 15.3 Å². The van der Waals surface area contributed by atoms with E-state index >= 15 is 0 Å². The molecular weight excluding hydrogens is 270 g/mol. The highest BCUT2D eigenvalue weighted by Gasteiger charge is 2.10. The van der Waals surface area contributed by atoms with E-state index in [4.69, 9.17) is 5.73 Å². The van der Waals surface area contributed by atoms with Gasteiger partial charge in [-0.25, -0.2) is 0 Å². The number of halogens is 1. The molecule has 78 valence electrons. The van der Waals surface area contributed by atoms with Gasteiger partial charge in [0, 0.05) is 20.6 Å². The molecule has 0 aliphatic rings. The van der Waals surface area contributed by atoms with Crippen LogP contribution in [0.1, 0.15) is 10.4 Å². The third-order valence-electron chi connectivity index (χ3n) is 2.26.